The molecule has 1 aromatic carbocycles. The molecule has 22 heavy (non-hydrogen) atoms. The van der Waals surface area contributed by atoms with Gasteiger partial charge in [-0.25, -0.2) is 0 Å². The first-order chi connectivity index (χ1) is 10.5. The number of hydrogen-bond donors (Lipinski definition) is 3. The maximum Gasteiger partial charge on any atom is 0.243 e. The fourth-order valence-corrected chi connectivity index (χ4v) is 2.40. The predicted molar refractivity (Wildman–Crippen MR) is 79.0 cm³/mol. The lowest BCUT2D eigenvalue weighted by Crippen LogP contribution is -2.51. The molecule has 7 nitrogen and oxygen atoms in total. The van der Waals surface area contributed by atoms with Crippen molar-refractivity contribution in [3.63, 3.8) is 0 Å². The summed E-state index contributed by atoms with van der Waals surface area (Å²) in [5, 5.41) is 5.15. The van der Waals surface area contributed by atoms with Crippen LogP contribution in [0.1, 0.15) is 18.4 Å². The van der Waals surface area contributed by atoms with Crippen LogP contribution in [0, 0.1) is 0 Å². The van der Waals surface area contributed by atoms with E-state index >= 15 is 0 Å². The topological polar surface area (TPSA) is 111 Å². The van der Waals surface area contributed by atoms with Crippen molar-refractivity contribution in [3.8, 4) is 5.75 Å². The van der Waals surface area contributed by atoms with Crippen LogP contribution in [0.5, 0.6) is 5.75 Å². The number of ether oxygens (including phenoxy) is 1. The minimum Gasteiger partial charge on any atom is -0.496 e. The molecule has 7 heteroatoms. The molecule has 0 spiro atoms. The van der Waals surface area contributed by atoms with E-state index in [1.807, 2.05) is 12.1 Å². The summed E-state index contributed by atoms with van der Waals surface area (Å²) in [5.41, 5.74) is 6.14. The summed E-state index contributed by atoms with van der Waals surface area (Å²) in [4.78, 5) is 34.8. The molecule has 3 amide bonds. The zero-order valence-corrected chi connectivity index (χ0v) is 12.3. The van der Waals surface area contributed by atoms with Gasteiger partial charge in [-0.15, -0.1) is 0 Å². The highest BCUT2D eigenvalue weighted by Crippen LogP contribution is 2.19. The second-order valence-electron chi connectivity index (χ2n) is 5.14. The molecule has 118 valence electrons. The van der Waals surface area contributed by atoms with Gasteiger partial charge in [0.2, 0.25) is 17.7 Å². The molecular formula is C15H19N3O4. The molecule has 0 aromatic heterocycles. The van der Waals surface area contributed by atoms with Gasteiger partial charge >= 0.3 is 0 Å². The Hall–Kier alpha value is -2.57. The van der Waals surface area contributed by atoms with E-state index in [4.69, 9.17) is 10.5 Å². The lowest BCUT2D eigenvalue weighted by molar-refractivity contribution is -0.129. The molecule has 0 aliphatic carbocycles. The molecular weight excluding hydrogens is 286 g/mol. The Labute approximate surface area is 128 Å². The van der Waals surface area contributed by atoms with Gasteiger partial charge < -0.3 is 21.1 Å². The zero-order valence-electron chi connectivity index (χ0n) is 12.3. The Balaban J connectivity index is 2.05. The van der Waals surface area contributed by atoms with Crippen molar-refractivity contribution in [2.75, 3.05) is 7.11 Å². The van der Waals surface area contributed by atoms with Gasteiger partial charge in [0.15, 0.2) is 0 Å². The highest BCUT2D eigenvalue weighted by molar-refractivity contribution is 5.93. The van der Waals surface area contributed by atoms with Gasteiger partial charge in [0.1, 0.15) is 17.8 Å². The van der Waals surface area contributed by atoms with Crippen LogP contribution in [0.25, 0.3) is 0 Å². The number of methoxy groups -OCH3 is 1. The summed E-state index contributed by atoms with van der Waals surface area (Å²) >= 11 is 0. The molecule has 4 N–H and O–H groups in total. The minimum absolute atomic E-state index is 0.166. The smallest absolute Gasteiger partial charge is 0.243 e. The van der Waals surface area contributed by atoms with Gasteiger partial charge in [0.05, 0.1) is 7.11 Å². The third-order valence-corrected chi connectivity index (χ3v) is 3.59. The lowest BCUT2D eigenvalue weighted by atomic mass is 10.0. The Morgan fingerprint density at radius 2 is 2.18 bits per heavy atom. The Kier molecular flexibility index (Phi) is 4.98. The first-order valence-electron chi connectivity index (χ1n) is 7.02. The summed E-state index contributed by atoms with van der Waals surface area (Å²) in [6.45, 7) is 0. The van der Waals surface area contributed by atoms with E-state index in [1.165, 1.54) is 7.11 Å². The number of amides is 3. The molecule has 1 aromatic rings. The molecule has 0 bridgehead atoms. The van der Waals surface area contributed by atoms with Crippen LogP contribution in [-0.2, 0) is 20.8 Å². The quantitative estimate of drug-likeness (QED) is 0.657. The number of para-hydroxylation sites is 1. The van der Waals surface area contributed by atoms with Gasteiger partial charge in [-0.3, -0.25) is 14.4 Å². The number of nitrogens with one attached hydrogen (secondary N) is 2. The van der Waals surface area contributed by atoms with Crippen LogP contribution in [0.15, 0.2) is 24.3 Å². The fraction of sp³-hybridized carbons (Fsp3) is 0.400. The average molecular weight is 305 g/mol. The van der Waals surface area contributed by atoms with Gasteiger partial charge in [0.25, 0.3) is 0 Å². The van der Waals surface area contributed by atoms with Crippen LogP contribution in [-0.4, -0.2) is 36.9 Å². The van der Waals surface area contributed by atoms with Crippen molar-refractivity contribution < 1.29 is 19.1 Å². The van der Waals surface area contributed by atoms with Crippen LogP contribution in [0.3, 0.4) is 0 Å². The molecule has 0 radical (unpaired) electrons. The van der Waals surface area contributed by atoms with Crippen molar-refractivity contribution >= 4 is 17.7 Å². The van der Waals surface area contributed by atoms with E-state index in [-0.39, 0.29) is 12.3 Å². The third-order valence-electron chi connectivity index (χ3n) is 3.59. The molecule has 1 aliphatic rings. The Morgan fingerprint density at radius 3 is 2.77 bits per heavy atom. The summed E-state index contributed by atoms with van der Waals surface area (Å²) in [7, 11) is 1.53. The molecule has 0 unspecified atom stereocenters. The number of carbonyl (C=O) groups is 3. The molecule has 1 fully saturated rings. The number of nitrogens with two attached hydrogens (primary N) is 1. The molecule has 1 aliphatic heterocycles. The summed E-state index contributed by atoms with van der Waals surface area (Å²) in [6, 6.07) is 5.74. The number of carbonyl (C=O) groups excluding carboxylic acids is 3. The molecule has 1 heterocycles. The van der Waals surface area contributed by atoms with E-state index in [1.54, 1.807) is 12.1 Å². The molecule has 2 atom stereocenters. The zero-order chi connectivity index (χ0) is 16.1. The van der Waals surface area contributed by atoms with Gasteiger partial charge in [-0.2, -0.15) is 0 Å². The summed E-state index contributed by atoms with van der Waals surface area (Å²) < 4.78 is 5.22. The Morgan fingerprint density at radius 1 is 1.45 bits per heavy atom. The number of rotatable bonds is 6. The van der Waals surface area contributed by atoms with Crippen molar-refractivity contribution in [2.24, 2.45) is 5.73 Å². The lowest BCUT2D eigenvalue weighted by Gasteiger charge is -2.19. The van der Waals surface area contributed by atoms with E-state index in [9.17, 15) is 14.4 Å². The van der Waals surface area contributed by atoms with Crippen molar-refractivity contribution in [3.05, 3.63) is 29.8 Å². The van der Waals surface area contributed by atoms with Crippen LogP contribution in [0.4, 0.5) is 0 Å². The first-order valence-corrected chi connectivity index (χ1v) is 7.02. The highest BCUT2D eigenvalue weighted by Gasteiger charge is 2.30. The monoisotopic (exact) mass is 305 g/mol. The van der Waals surface area contributed by atoms with Crippen LogP contribution in [0.2, 0.25) is 0 Å². The second kappa shape index (κ2) is 6.93. The Bertz CT molecular complexity index is 588. The minimum atomic E-state index is -0.860. The molecule has 1 saturated heterocycles. The molecule has 2 rings (SSSR count). The number of hydrogen-bond acceptors (Lipinski definition) is 4. The largest absolute Gasteiger partial charge is 0.496 e. The van der Waals surface area contributed by atoms with E-state index in [2.05, 4.69) is 10.6 Å². The SMILES string of the molecule is COc1ccccc1C[C@@H](NC(=O)[C@@H]1CCC(=O)N1)C(N)=O. The standard InChI is InChI=1S/C15H19N3O4/c1-22-12-5-3-2-4-9(12)8-11(14(16)20)18-15(21)10-6-7-13(19)17-10/h2-5,10-11H,6-8H2,1H3,(H2,16,20)(H,17,19)(H,18,21)/t10-,11+/m0/s1. The third kappa shape index (κ3) is 3.75. The normalized spacial score (nSPS) is 18.4. The van der Waals surface area contributed by atoms with Crippen molar-refractivity contribution in [2.45, 2.75) is 31.3 Å². The van der Waals surface area contributed by atoms with Gasteiger partial charge in [0, 0.05) is 12.8 Å². The van der Waals surface area contributed by atoms with Crippen LogP contribution >= 0.6 is 0 Å². The van der Waals surface area contributed by atoms with Crippen molar-refractivity contribution in [1.82, 2.24) is 10.6 Å². The predicted octanol–water partition coefficient (Wildman–Crippen LogP) is -0.514. The van der Waals surface area contributed by atoms with Gasteiger partial charge in [-0.05, 0) is 18.1 Å². The second-order valence-corrected chi connectivity index (χ2v) is 5.14. The maximum absolute atomic E-state index is 12.1. The molecule has 0 saturated carbocycles. The maximum atomic E-state index is 12.1. The van der Waals surface area contributed by atoms with Gasteiger partial charge in [-0.1, -0.05) is 18.2 Å². The fourth-order valence-electron chi connectivity index (χ4n) is 2.40. The summed E-state index contributed by atoms with van der Waals surface area (Å²) in [6.07, 6.45) is 0.961. The van der Waals surface area contributed by atoms with E-state index < -0.39 is 23.9 Å². The van der Waals surface area contributed by atoms with Crippen LogP contribution < -0.4 is 21.1 Å². The number of benzene rings is 1. The van der Waals surface area contributed by atoms with E-state index in [0.717, 1.165) is 5.56 Å². The average Bonchev–Trinajstić information content (AvgIpc) is 2.93. The highest BCUT2D eigenvalue weighted by atomic mass is 16.5. The number of primary amides is 1. The van der Waals surface area contributed by atoms with Crippen molar-refractivity contribution in [1.29, 1.82) is 0 Å². The summed E-state index contributed by atoms with van der Waals surface area (Å²) in [5.74, 6) is -0.578. The van der Waals surface area contributed by atoms with E-state index in [0.29, 0.717) is 18.6 Å². The first kappa shape index (κ1) is 15.8.